The largest absolute Gasteiger partial charge is 0.348 e. The summed E-state index contributed by atoms with van der Waals surface area (Å²) in [5.74, 6) is -3.20. The van der Waals surface area contributed by atoms with Crippen molar-refractivity contribution in [3.05, 3.63) is 29.3 Å². The highest BCUT2D eigenvalue weighted by molar-refractivity contribution is 7.18. The number of aromatic nitrogens is 1. The summed E-state index contributed by atoms with van der Waals surface area (Å²) in [6.45, 7) is -0.172. The van der Waals surface area contributed by atoms with Crippen LogP contribution in [0, 0.1) is 0 Å². The molecule has 3 rings (SSSR count). The maximum Gasteiger partial charge on any atom is 0.262 e. The number of nitrogens with one attached hydrogen (secondary N) is 2. The van der Waals surface area contributed by atoms with Gasteiger partial charge in [-0.1, -0.05) is 12.1 Å². The Labute approximate surface area is 118 Å². The van der Waals surface area contributed by atoms with Crippen LogP contribution in [-0.2, 0) is 11.3 Å². The van der Waals surface area contributed by atoms with Crippen molar-refractivity contribution in [2.45, 2.75) is 24.9 Å². The van der Waals surface area contributed by atoms with Gasteiger partial charge in [0.1, 0.15) is 5.01 Å². The Bertz CT molecular complexity index is 610. The second-order valence-electron chi connectivity index (χ2n) is 4.79. The highest BCUT2D eigenvalue weighted by atomic mass is 32.1. The first kappa shape index (κ1) is 13.4. The molecule has 1 aromatic carbocycles. The molecule has 2 aromatic rings. The van der Waals surface area contributed by atoms with Gasteiger partial charge in [-0.2, -0.15) is 0 Å². The van der Waals surface area contributed by atoms with Crippen molar-refractivity contribution in [2.75, 3.05) is 6.54 Å². The van der Waals surface area contributed by atoms with Crippen LogP contribution in [0.4, 0.5) is 8.78 Å². The molecular weight excluding hydrogens is 284 g/mol. The van der Waals surface area contributed by atoms with Crippen molar-refractivity contribution in [3.8, 4) is 0 Å². The van der Waals surface area contributed by atoms with Gasteiger partial charge >= 0.3 is 0 Å². The highest BCUT2D eigenvalue weighted by Gasteiger charge is 2.42. The third-order valence-electron chi connectivity index (χ3n) is 3.18. The highest BCUT2D eigenvalue weighted by Crippen LogP contribution is 2.25. The fourth-order valence-corrected chi connectivity index (χ4v) is 3.09. The van der Waals surface area contributed by atoms with Gasteiger partial charge in [-0.25, -0.2) is 13.8 Å². The van der Waals surface area contributed by atoms with Gasteiger partial charge in [0.2, 0.25) is 5.91 Å². The number of rotatable bonds is 3. The fourth-order valence-electron chi connectivity index (χ4n) is 2.18. The second-order valence-corrected chi connectivity index (χ2v) is 5.90. The Balaban J connectivity index is 1.60. The summed E-state index contributed by atoms with van der Waals surface area (Å²) in [5, 5.41) is 5.95. The molecule has 1 amide bonds. The maximum atomic E-state index is 13.0. The standard InChI is InChI=1S/C13H13F2N3OS/c14-13(15)5-9(17-7-13)12(19)16-6-11-18-8-3-1-2-4-10(8)20-11/h1-4,9,17H,5-7H2,(H,16,19). The number of carbonyl (C=O) groups is 1. The number of hydrogen-bond donors (Lipinski definition) is 2. The van der Waals surface area contributed by atoms with Crippen LogP contribution in [0.15, 0.2) is 24.3 Å². The van der Waals surface area contributed by atoms with Gasteiger partial charge in [-0.05, 0) is 12.1 Å². The van der Waals surface area contributed by atoms with E-state index in [0.29, 0.717) is 0 Å². The van der Waals surface area contributed by atoms with E-state index >= 15 is 0 Å². The van der Waals surface area contributed by atoms with E-state index in [9.17, 15) is 13.6 Å². The summed E-state index contributed by atoms with van der Waals surface area (Å²) < 4.78 is 27.1. The molecule has 106 valence electrons. The summed E-state index contributed by atoms with van der Waals surface area (Å²) in [5.41, 5.74) is 0.882. The molecule has 1 aromatic heterocycles. The molecule has 2 N–H and O–H groups in total. The van der Waals surface area contributed by atoms with Crippen LogP contribution in [0.3, 0.4) is 0 Å². The Morgan fingerprint density at radius 1 is 1.50 bits per heavy atom. The predicted octanol–water partition coefficient (Wildman–Crippen LogP) is 1.91. The third-order valence-corrected chi connectivity index (χ3v) is 4.21. The average molecular weight is 297 g/mol. The van der Waals surface area contributed by atoms with Crippen LogP contribution in [0.5, 0.6) is 0 Å². The van der Waals surface area contributed by atoms with Crippen LogP contribution >= 0.6 is 11.3 Å². The van der Waals surface area contributed by atoms with Gasteiger partial charge in [0.25, 0.3) is 5.92 Å². The maximum absolute atomic E-state index is 13.0. The zero-order valence-electron chi connectivity index (χ0n) is 10.5. The van der Waals surface area contributed by atoms with Crippen molar-refractivity contribution in [1.29, 1.82) is 0 Å². The zero-order valence-corrected chi connectivity index (χ0v) is 11.3. The first-order valence-corrected chi connectivity index (χ1v) is 7.08. The molecule has 1 unspecified atom stereocenters. The molecule has 2 heterocycles. The first-order chi connectivity index (χ1) is 9.53. The van der Waals surface area contributed by atoms with Gasteiger partial charge in [0.15, 0.2) is 0 Å². The van der Waals surface area contributed by atoms with E-state index in [2.05, 4.69) is 15.6 Å². The van der Waals surface area contributed by atoms with Crippen molar-refractivity contribution in [2.24, 2.45) is 0 Å². The Hall–Kier alpha value is -1.60. The number of benzene rings is 1. The SMILES string of the molecule is O=C(NCc1nc2ccccc2s1)C1CC(F)(F)CN1. The number of hydrogen-bond acceptors (Lipinski definition) is 4. The lowest BCUT2D eigenvalue weighted by Gasteiger charge is -2.09. The molecule has 1 saturated heterocycles. The van der Waals surface area contributed by atoms with Gasteiger partial charge in [0.05, 0.1) is 29.3 Å². The van der Waals surface area contributed by atoms with Gasteiger partial charge < -0.3 is 5.32 Å². The molecular formula is C13H13F2N3OS. The first-order valence-electron chi connectivity index (χ1n) is 6.27. The number of carbonyl (C=O) groups excluding carboxylic acids is 1. The number of nitrogens with zero attached hydrogens (tertiary/aromatic N) is 1. The second kappa shape index (κ2) is 5.06. The lowest BCUT2D eigenvalue weighted by Crippen LogP contribution is -2.39. The summed E-state index contributed by atoms with van der Waals surface area (Å²) in [6, 6.07) is 6.86. The molecule has 0 saturated carbocycles. The summed E-state index contributed by atoms with van der Waals surface area (Å²) in [7, 11) is 0. The molecule has 0 aliphatic carbocycles. The van der Waals surface area contributed by atoms with E-state index < -0.39 is 30.8 Å². The lowest BCUT2D eigenvalue weighted by molar-refractivity contribution is -0.123. The number of fused-ring (bicyclic) bond motifs is 1. The topological polar surface area (TPSA) is 54.0 Å². The van der Waals surface area contributed by atoms with Crippen molar-refractivity contribution >= 4 is 27.5 Å². The minimum absolute atomic E-state index is 0.266. The van der Waals surface area contributed by atoms with E-state index in [-0.39, 0.29) is 6.54 Å². The number of thiazole rings is 1. The predicted molar refractivity (Wildman–Crippen MR) is 72.8 cm³/mol. The molecule has 1 aliphatic rings. The minimum atomic E-state index is -2.79. The van der Waals surface area contributed by atoms with Crippen LogP contribution in [-0.4, -0.2) is 29.4 Å². The van der Waals surface area contributed by atoms with Crippen LogP contribution in [0.25, 0.3) is 10.2 Å². The van der Waals surface area contributed by atoms with Gasteiger partial charge in [0, 0.05) is 6.42 Å². The van der Waals surface area contributed by atoms with Gasteiger partial charge in [-0.3, -0.25) is 10.1 Å². The van der Waals surface area contributed by atoms with E-state index in [4.69, 9.17) is 0 Å². The number of halogens is 2. The summed E-state index contributed by atoms with van der Waals surface area (Å²) >= 11 is 1.49. The van der Waals surface area contributed by atoms with E-state index in [1.54, 1.807) is 0 Å². The monoisotopic (exact) mass is 297 g/mol. The molecule has 0 spiro atoms. The average Bonchev–Trinajstić information content (AvgIpc) is 2.98. The summed E-state index contributed by atoms with van der Waals surface area (Å²) in [4.78, 5) is 16.2. The van der Waals surface area contributed by atoms with Crippen LogP contribution in [0.1, 0.15) is 11.4 Å². The van der Waals surface area contributed by atoms with E-state index in [0.717, 1.165) is 15.2 Å². The molecule has 1 fully saturated rings. The molecule has 1 aliphatic heterocycles. The number of alkyl halides is 2. The molecule has 7 heteroatoms. The van der Waals surface area contributed by atoms with E-state index in [1.807, 2.05) is 24.3 Å². The number of amides is 1. The van der Waals surface area contributed by atoms with E-state index in [1.165, 1.54) is 11.3 Å². The summed E-state index contributed by atoms with van der Waals surface area (Å²) in [6.07, 6.45) is -0.446. The zero-order chi connectivity index (χ0) is 14.2. The van der Waals surface area contributed by atoms with Gasteiger partial charge in [-0.15, -0.1) is 11.3 Å². The quantitative estimate of drug-likeness (QED) is 0.910. The Morgan fingerprint density at radius 2 is 2.30 bits per heavy atom. The van der Waals surface area contributed by atoms with Crippen LogP contribution in [0.2, 0.25) is 0 Å². The Morgan fingerprint density at radius 3 is 3.00 bits per heavy atom. The fraction of sp³-hybridized carbons (Fsp3) is 0.385. The van der Waals surface area contributed by atoms with Crippen molar-refractivity contribution in [1.82, 2.24) is 15.6 Å². The number of para-hydroxylation sites is 1. The molecule has 4 nitrogen and oxygen atoms in total. The normalized spacial score (nSPS) is 21.2. The Kier molecular flexibility index (Phi) is 3.39. The minimum Gasteiger partial charge on any atom is -0.348 e. The molecule has 20 heavy (non-hydrogen) atoms. The van der Waals surface area contributed by atoms with Crippen LogP contribution < -0.4 is 10.6 Å². The van der Waals surface area contributed by atoms with Crippen molar-refractivity contribution < 1.29 is 13.6 Å². The smallest absolute Gasteiger partial charge is 0.262 e. The third kappa shape index (κ3) is 2.78. The molecule has 0 radical (unpaired) electrons. The molecule has 0 bridgehead atoms. The lowest BCUT2D eigenvalue weighted by atomic mass is 10.2. The molecule has 1 atom stereocenters. The van der Waals surface area contributed by atoms with Crippen molar-refractivity contribution in [3.63, 3.8) is 0 Å².